The van der Waals surface area contributed by atoms with E-state index in [-0.39, 0.29) is 0 Å². The molecule has 1 N–H and O–H groups in total. The number of ether oxygens (including phenoxy) is 1. The summed E-state index contributed by atoms with van der Waals surface area (Å²) in [5.74, 6) is 0.339. The SMILES string of the molecule is C=C(C)C(O)Oc1cccc2sc(=O)oc12. The van der Waals surface area contributed by atoms with Crippen molar-refractivity contribution in [2.24, 2.45) is 0 Å². The van der Waals surface area contributed by atoms with E-state index < -0.39 is 11.2 Å². The van der Waals surface area contributed by atoms with E-state index in [4.69, 9.17) is 9.15 Å². The van der Waals surface area contributed by atoms with E-state index in [1.807, 2.05) is 0 Å². The van der Waals surface area contributed by atoms with Crippen molar-refractivity contribution in [2.45, 2.75) is 13.2 Å². The first-order valence-electron chi connectivity index (χ1n) is 4.60. The molecule has 0 saturated carbocycles. The highest BCUT2D eigenvalue weighted by Gasteiger charge is 2.12. The summed E-state index contributed by atoms with van der Waals surface area (Å²) in [4.78, 5) is 10.7. The van der Waals surface area contributed by atoms with Crippen molar-refractivity contribution in [1.29, 1.82) is 0 Å². The molecular formula is C11H10O4S. The molecule has 1 aromatic carbocycles. The second-order valence-corrected chi connectivity index (χ2v) is 4.33. The van der Waals surface area contributed by atoms with Crippen LogP contribution in [0.15, 0.2) is 39.6 Å². The zero-order valence-electron chi connectivity index (χ0n) is 8.60. The van der Waals surface area contributed by atoms with Crippen molar-refractivity contribution in [3.05, 3.63) is 40.1 Å². The Balaban J connectivity index is 2.44. The molecule has 1 atom stereocenters. The molecular weight excluding hydrogens is 228 g/mol. The Labute approximate surface area is 95.4 Å². The zero-order valence-corrected chi connectivity index (χ0v) is 9.41. The van der Waals surface area contributed by atoms with Gasteiger partial charge in [-0.1, -0.05) is 24.0 Å². The largest absolute Gasteiger partial charge is 0.457 e. The molecule has 1 aromatic heterocycles. The van der Waals surface area contributed by atoms with E-state index in [0.29, 0.717) is 21.6 Å². The predicted molar refractivity (Wildman–Crippen MR) is 61.8 cm³/mol. The van der Waals surface area contributed by atoms with Crippen LogP contribution in [0.2, 0.25) is 0 Å². The first kappa shape index (κ1) is 10.9. The van der Waals surface area contributed by atoms with Gasteiger partial charge in [0.15, 0.2) is 11.3 Å². The number of hydrogen-bond acceptors (Lipinski definition) is 5. The summed E-state index contributed by atoms with van der Waals surface area (Å²) in [6.07, 6.45) is -1.10. The molecule has 2 rings (SSSR count). The smallest absolute Gasteiger partial charge is 0.396 e. The van der Waals surface area contributed by atoms with Crippen LogP contribution < -0.4 is 9.68 Å². The summed E-state index contributed by atoms with van der Waals surface area (Å²) in [6.45, 7) is 5.22. The van der Waals surface area contributed by atoms with Gasteiger partial charge in [-0.25, -0.2) is 4.79 Å². The molecule has 0 aliphatic carbocycles. The Morgan fingerprint density at radius 1 is 1.62 bits per heavy atom. The summed E-state index contributed by atoms with van der Waals surface area (Å²) >= 11 is 0.995. The van der Waals surface area contributed by atoms with Gasteiger partial charge in [-0.2, -0.15) is 0 Å². The van der Waals surface area contributed by atoms with Gasteiger partial charge in [-0.05, 0) is 24.6 Å². The normalized spacial score (nSPS) is 12.6. The first-order valence-corrected chi connectivity index (χ1v) is 5.42. The molecule has 2 aromatic rings. The van der Waals surface area contributed by atoms with Gasteiger partial charge in [0.1, 0.15) is 0 Å². The number of hydrogen-bond donors (Lipinski definition) is 1. The summed E-state index contributed by atoms with van der Waals surface area (Å²) < 4.78 is 10.9. The van der Waals surface area contributed by atoms with Crippen LogP contribution in [0.25, 0.3) is 10.3 Å². The number of rotatable bonds is 3. The van der Waals surface area contributed by atoms with Gasteiger partial charge in [-0.15, -0.1) is 0 Å². The van der Waals surface area contributed by atoms with Crippen LogP contribution in [0.5, 0.6) is 5.75 Å². The van der Waals surface area contributed by atoms with Gasteiger partial charge in [0, 0.05) is 0 Å². The Bertz CT molecular complexity index is 581. The van der Waals surface area contributed by atoms with Crippen LogP contribution in [0.3, 0.4) is 0 Å². The molecule has 5 heteroatoms. The monoisotopic (exact) mass is 238 g/mol. The van der Waals surface area contributed by atoms with E-state index in [9.17, 15) is 9.90 Å². The molecule has 1 heterocycles. The van der Waals surface area contributed by atoms with Crippen LogP contribution in [-0.4, -0.2) is 11.4 Å². The van der Waals surface area contributed by atoms with Gasteiger partial charge in [0.25, 0.3) is 0 Å². The van der Waals surface area contributed by atoms with Crippen molar-refractivity contribution in [2.75, 3.05) is 0 Å². The van der Waals surface area contributed by atoms with Crippen molar-refractivity contribution in [3.8, 4) is 5.75 Å². The molecule has 1 unspecified atom stereocenters. The summed E-state index contributed by atoms with van der Waals surface area (Å²) in [5.41, 5.74) is 0.840. The summed E-state index contributed by atoms with van der Waals surface area (Å²) in [5, 5.41) is 9.51. The minimum absolute atomic E-state index is 0.339. The lowest BCUT2D eigenvalue weighted by Gasteiger charge is -2.12. The minimum atomic E-state index is -1.10. The van der Waals surface area contributed by atoms with Crippen molar-refractivity contribution < 1.29 is 14.3 Å². The predicted octanol–water partition coefficient (Wildman–Crippen LogP) is 2.13. The molecule has 16 heavy (non-hydrogen) atoms. The molecule has 0 aliphatic heterocycles. The maximum absolute atomic E-state index is 11.1. The number of fused-ring (bicyclic) bond motifs is 1. The fourth-order valence-corrected chi connectivity index (χ4v) is 1.87. The minimum Gasteiger partial charge on any atom is -0.457 e. The van der Waals surface area contributed by atoms with Gasteiger partial charge >= 0.3 is 4.94 Å². The molecule has 0 spiro atoms. The third-order valence-corrected chi connectivity index (χ3v) is 2.77. The van der Waals surface area contributed by atoms with Crippen LogP contribution in [0.1, 0.15) is 6.92 Å². The summed E-state index contributed by atoms with van der Waals surface area (Å²) in [7, 11) is 0. The molecule has 0 amide bonds. The molecule has 0 bridgehead atoms. The molecule has 84 valence electrons. The molecule has 0 saturated heterocycles. The second kappa shape index (κ2) is 4.11. The van der Waals surface area contributed by atoms with Crippen LogP contribution in [-0.2, 0) is 0 Å². The van der Waals surface area contributed by atoms with Crippen LogP contribution >= 0.6 is 11.3 Å². The Morgan fingerprint density at radius 2 is 2.38 bits per heavy atom. The van der Waals surface area contributed by atoms with Crippen molar-refractivity contribution in [3.63, 3.8) is 0 Å². The van der Waals surface area contributed by atoms with Crippen LogP contribution in [0, 0.1) is 0 Å². The summed E-state index contributed by atoms with van der Waals surface area (Å²) in [6, 6.07) is 5.11. The van der Waals surface area contributed by atoms with Gasteiger partial charge < -0.3 is 14.3 Å². The van der Waals surface area contributed by atoms with E-state index >= 15 is 0 Å². The lowest BCUT2D eigenvalue weighted by atomic mass is 10.3. The highest BCUT2D eigenvalue weighted by atomic mass is 32.1. The van der Waals surface area contributed by atoms with Gasteiger partial charge in [0.2, 0.25) is 6.29 Å². The zero-order chi connectivity index (χ0) is 11.7. The fourth-order valence-electron chi connectivity index (χ4n) is 1.18. The van der Waals surface area contributed by atoms with Gasteiger partial charge in [-0.3, -0.25) is 0 Å². The lowest BCUT2D eigenvalue weighted by molar-refractivity contribution is 0.0155. The second-order valence-electron chi connectivity index (χ2n) is 3.35. The Morgan fingerprint density at radius 3 is 3.06 bits per heavy atom. The van der Waals surface area contributed by atoms with Crippen molar-refractivity contribution in [1.82, 2.24) is 0 Å². The molecule has 0 aliphatic rings. The first-order chi connectivity index (χ1) is 7.58. The average Bonchev–Trinajstić information content (AvgIpc) is 2.59. The molecule has 0 radical (unpaired) electrons. The van der Waals surface area contributed by atoms with E-state index in [1.165, 1.54) is 0 Å². The maximum atomic E-state index is 11.1. The number of para-hydroxylation sites is 1. The van der Waals surface area contributed by atoms with E-state index in [1.54, 1.807) is 25.1 Å². The average molecular weight is 238 g/mol. The fraction of sp³-hybridized carbons (Fsp3) is 0.182. The van der Waals surface area contributed by atoms with E-state index in [0.717, 1.165) is 11.3 Å². The topological polar surface area (TPSA) is 59.7 Å². The highest BCUT2D eigenvalue weighted by molar-refractivity contribution is 7.16. The molecule has 4 nitrogen and oxygen atoms in total. The standard InChI is InChI=1S/C11H10O4S/c1-6(2)10(12)14-7-4-3-5-8-9(7)15-11(13)16-8/h3-5,10,12H,1H2,2H3. The quantitative estimate of drug-likeness (QED) is 0.657. The number of benzene rings is 1. The van der Waals surface area contributed by atoms with Gasteiger partial charge in [0.05, 0.1) is 4.70 Å². The highest BCUT2D eigenvalue weighted by Crippen LogP contribution is 2.28. The number of aliphatic hydroxyl groups excluding tert-OH is 1. The maximum Gasteiger partial charge on any atom is 0.396 e. The van der Waals surface area contributed by atoms with Crippen molar-refractivity contribution >= 4 is 21.6 Å². The molecule has 0 fully saturated rings. The number of aliphatic hydroxyl groups is 1. The van der Waals surface area contributed by atoms with E-state index in [2.05, 4.69) is 6.58 Å². The lowest BCUT2D eigenvalue weighted by Crippen LogP contribution is -2.16. The van der Waals surface area contributed by atoms with Crippen LogP contribution in [0.4, 0.5) is 0 Å². The Kier molecular flexibility index (Phi) is 2.80. The third kappa shape index (κ3) is 2.00. The Hall–Kier alpha value is -1.59. The third-order valence-electron chi connectivity index (χ3n) is 1.98.